The number of aromatic amines is 1. The minimum Gasteiger partial charge on any atom is -0.493 e. The molecule has 1 aliphatic rings. The molecule has 0 radical (unpaired) electrons. The van der Waals surface area contributed by atoms with Crippen LogP contribution in [0.25, 0.3) is 10.9 Å². The number of para-hydroxylation sites is 1. The molecular weight excluding hydrogens is 459 g/mol. The molecule has 0 saturated carbocycles. The number of hydrogen-bond acceptors (Lipinski definition) is 4. The molecule has 7 heteroatoms. The average Bonchev–Trinajstić information content (AvgIpc) is 3.22. The van der Waals surface area contributed by atoms with Crippen molar-refractivity contribution in [2.75, 3.05) is 27.9 Å². The number of ether oxygens (including phenoxy) is 3. The van der Waals surface area contributed by atoms with Crippen LogP contribution in [0.5, 0.6) is 17.2 Å². The van der Waals surface area contributed by atoms with Crippen molar-refractivity contribution in [3.8, 4) is 17.2 Å². The van der Waals surface area contributed by atoms with Gasteiger partial charge in [-0.2, -0.15) is 0 Å². The number of benzene rings is 3. The molecule has 0 fully saturated rings. The standard InChI is InChI=1S/C26H24Cl2N2O3/c1-31-21-10-14(11-22(32-2)26(21)33-3)24-25-23(17-6-4-5-7-20(17)30-25)18(13-29-24)16-9-8-15(27)12-19(16)28/h4-12,18,24,29-30H,13H2,1-3H3/t18-,24+/m1/s1. The Labute approximate surface area is 202 Å². The zero-order valence-corrected chi connectivity index (χ0v) is 20.1. The number of methoxy groups -OCH3 is 3. The molecular formula is C26H24Cl2N2O3. The average molecular weight is 483 g/mol. The lowest BCUT2D eigenvalue weighted by Crippen LogP contribution is -2.34. The largest absolute Gasteiger partial charge is 0.493 e. The highest BCUT2D eigenvalue weighted by Gasteiger charge is 2.34. The van der Waals surface area contributed by atoms with Crippen LogP contribution in [0.4, 0.5) is 0 Å². The van der Waals surface area contributed by atoms with Crippen molar-refractivity contribution < 1.29 is 14.2 Å². The van der Waals surface area contributed by atoms with Crippen molar-refractivity contribution in [1.29, 1.82) is 0 Å². The third kappa shape index (κ3) is 3.70. The Morgan fingerprint density at radius 1 is 0.879 bits per heavy atom. The molecule has 0 amide bonds. The van der Waals surface area contributed by atoms with Gasteiger partial charge in [0, 0.05) is 39.1 Å². The molecule has 33 heavy (non-hydrogen) atoms. The van der Waals surface area contributed by atoms with Gasteiger partial charge in [-0.05, 0) is 47.0 Å². The van der Waals surface area contributed by atoms with Gasteiger partial charge in [-0.15, -0.1) is 0 Å². The first-order valence-electron chi connectivity index (χ1n) is 10.6. The summed E-state index contributed by atoms with van der Waals surface area (Å²) in [7, 11) is 4.86. The lowest BCUT2D eigenvalue weighted by atomic mass is 9.83. The summed E-state index contributed by atoms with van der Waals surface area (Å²) in [6, 6.07) is 17.9. The predicted octanol–water partition coefficient (Wildman–Crippen LogP) is 6.33. The fourth-order valence-corrected chi connectivity index (χ4v) is 5.37. The quantitative estimate of drug-likeness (QED) is 0.349. The first kappa shape index (κ1) is 22.0. The highest BCUT2D eigenvalue weighted by molar-refractivity contribution is 6.35. The number of halogens is 2. The fraction of sp³-hybridized carbons (Fsp3) is 0.231. The van der Waals surface area contributed by atoms with E-state index in [-0.39, 0.29) is 12.0 Å². The van der Waals surface area contributed by atoms with Crippen molar-refractivity contribution in [2.24, 2.45) is 0 Å². The molecule has 3 aromatic carbocycles. The van der Waals surface area contributed by atoms with E-state index in [1.54, 1.807) is 27.4 Å². The summed E-state index contributed by atoms with van der Waals surface area (Å²) in [5.74, 6) is 1.88. The number of fused-ring (bicyclic) bond motifs is 3. The highest BCUT2D eigenvalue weighted by Crippen LogP contribution is 2.46. The summed E-state index contributed by atoms with van der Waals surface area (Å²) in [5, 5.41) is 6.18. The Hall–Kier alpha value is -2.86. The first-order valence-corrected chi connectivity index (χ1v) is 11.4. The topological polar surface area (TPSA) is 55.5 Å². The molecule has 5 rings (SSSR count). The van der Waals surface area contributed by atoms with Crippen LogP contribution in [0.1, 0.15) is 34.3 Å². The van der Waals surface area contributed by atoms with Gasteiger partial charge in [-0.25, -0.2) is 0 Å². The van der Waals surface area contributed by atoms with E-state index in [9.17, 15) is 0 Å². The monoisotopic (exact) mass is 482 g/mol. The third-order valence-electron chi connectivity index (χ3n) is 6.30. The molecule has 0 saturated heterocycles. The zero-order valence-electron chi connectivity index (χ0n) is 18.5. The number of hydrogen-bond donors (Lipinski definition) is 2. The van der Waals surface area contributed by atoms with Gasteiger partial charge in [0.15, 0.2) is 11.5 Å². The molecule has 2 N–H and O–H groups in total. The maximum absolute atomic E-state index is 6.64. The van der Waals surface area contributed by atoms with E-state index >= 15 is 0 Å². The summed E-state index contributed by atoms with van der Waals surface area (Å²) in [5.41, 5.74) is 5.46. The molecule has 0 spiro atoms. The predicted molar refractivity (Wildman–Crippen MR) is 133 cm³/mol. The molecule has 0 aliphatic carbocycles. The fourth-order valence-electron chi connectivity index (χ4n) is 4.83. The molecule has 0 bridgehead atoms. The smallest absolute Gasteiger partial charge is 0.203 e. The van der Waals surface area contributed by atoms with Crippen LogP contribution >= 0.6 is 23.2 Å². The molecule has 170 valence electrons. The van der Waals surface area contributed by atoms with Crippen molar-refractivity contribution in [1.82, 2.24) is 10.3 Å². The normalized spacial score (nSPS) is 17.6. The van der Waals surface area contributed by atoms with Crippen LogP contribution in [0.2, 0.25) is 10.0 Å². The van der Waals surface area contributed by atoms with Crippen LogP contribution < -0.4 is 19.5 Å². The van der Waals surface area contributed by atoms with Crippen molar-refractivity contribution in [3.05, 3.63) is 87.0 Å². The lowest BCUT2D eigenvalue weighted by molar-refractivity contribution is 0.323. The summed E-state index contributed by atoms with van der Waals surface area (Å²) < 4.78 is 16.7. The van der Waals surface area contributed by atoms with Crippen LogP contribution in [-0.2, 0) is 0 Å². The van der Waals surface area contributed by atoms with E-state index in [0.29, 0.717) is 33.8 Å². The summed E-state index contributed by atoms with van der Waals surface area (Å²) in [6.07, 6.45) is 0. The van der Waals surface area contributed by atoms with E-state index in [2.05, 4.69) is 28.5 Å². The second kappa shape index (κ2) is 8.82. The highest BCUT2D eigenvalue weighted by atomic mass is 35.5. The van der Waals surface area contributed by atoms with Crippen LogP contribution in [0, 0.1) is 0 Å². The van der Waals surface area contributed by atoms with E-state index in [1.807, 2.05) is 30.3 Å². The Morgan fingerprint density at radius 2 is 1.61 bits per heavy atom. The first-order chi connectivity index (χ1) is 16.0. The van der Waals surface area contributed by atoms with Gasteiger partial charge in [0.05, 0.1) is 27.4 Å². The van der Waals surface area contributed by atoms with Gasteiger partial charge in [0.1, 0.15) is 0 Å². The van der Waals surface area contributed by atoms with Crippen molar-refractivity contribution >= 4 is 34.1 Å². The maximum Gasteiger partial charge on any atom is 0.203 e. The van der Waals surface area contributed by atoms with Crippen molar-refractivity contribution in [2.45, 2.75) is 12.0 Å². The van der Waals surface area contributed by atoms with Crippen LogP contribution in [0.3, 0.4) is 0 Å². The Bertz CT molecular complexity index is 1310. The third-order valence-corrected chi connectivity index (χ3v) is 6.86. The van der Waals surface area contributed by atoms with Gasteiger partial charge in [0.2, 0.25) is 5.75 Å². The summed E-state index contributed by atoms with van der Waals surface area (Å²) in [6.45, 7) is 0.706. The molecule has 1 aliphatic heterocycles. The molecule has 1 aromatic heterocycles. The summed E-state index contributed by atoms with van der Waals surface area (Å²) in [4.78, 5) is 3.65. The van der Waals surface area contributed by atoms with E-state index < -0.39 is 0 Å². The lowest BCUT2D eigenvalue weighted by Gasteiger charge is -2.32. The second-order valence-electron chi connectivity index (χ2n) is 8.02. The minimum absolute atomic E-state index is 0.0687. The van der Waals surface area contributed by atoms with Gasteiger partial charge in [-0.3, -0.25) is 0 Å². The SMILES string of the molecule is COc1cc([C@@H]2NC[C@H](c3ccc(Cl)cc3Cl)c3c2[nH]c2ccccc32)cc(OC)c1OC. The maximum atomic E-state index is 6.64. The Kier molecular flexibility index (Phi) is 5.87. The van der Waals surface area contributed by atoms with E-state index in [1.165, 1.54) is 10.9 Å². The molecule has 5 nitrogen and oxygen atoms in total. The molecule has 4 aromatic rings. The number of rotatable bonds is 5. The Balaban J connectivity index is 1.70. The van der Waals surface area contributed by atoms with E-state index in [4.69, 9.17) is 37.4 Å². The van der Waals surface area contributed by atoms with Gasteiger partial charge >= 0.3 is 0 Å². The van der Waals surface area contributed by atoms with Gasteiger partial charge in [0.25, 0.3) is 0 Å². The van der Waals surface area contributed by atoms with Crippen LogP contribution in [-0.4, -0.2) is 32.9 Å². The van der Waals surface area contributed by atoms with E-state index in [0.717, 1.165) is 22.3 Å². The van der Waals surface area contributed by atoms with Gasteiger partial charge < -0.3 is 24.5 Å². The Morgan fingerprint density at radius 3 is 2.27 bits per heavy atom. The zero-order chi connectivity index (χ0) is 23.1. The van der Waals surface area contributed by atoms with Gasteiger partial charge in [-0.1, -0.05) is 47.5 Å². The summed E-state index contributed by atoms with van der Waals surface area (Å²) >= 11 is 12.8. The van der Waals surface area contributed by atoms with Crippen molar-refractivity contribution in [3.63, 3.8) is 0 Å². The molecule has 2 heterocycles. The van der Waals surface area contributed by atoms with Crippen LogP contribution in [0.15, 0.2) is 54.6 Å². The molecule has 0 unspecified atom stereocenters. The second-order valence-corrected chi connectivity index (χ2v) is 8.86. The number of aromatic nitrogens is 1. The number of H-pyrrole nitrogens is 1. The molecule has 2 atom stereocenters. The number of nitrogens with one attached hydrogen (secondary N) is 2. The minimum atomic E-state index is -0.0940.